The summed E-state index contributed by atoms with van der Waals surface area (Å²) >= 11 is 0. The van der Waals surface area contributed by atoms with E-state index in [9.17, 15) is 4.79 Å². The van der Waals surface area contributed by atoms with Crippen molar-refractivity contribution >= 4 is 5.78 Å². The van der Waals surface area contributed by atoms with Crippen LogP contribution in [0.1, 0.15) is 29.8 Å². The predicted molar refractivity (Wildman–Crippen MR) is 69.3 cm³/mol. The van der Waals surface area contributed by atoms with E-state index in [0.29, 0.717) is 5.92 Å². The Morgan fingerprint density at radius 3 is 2.56 bits per heavy atom. The van der Waals surface area contributed by atoms with Gasteiger partial charge in [0.15, 0.2) is 5.78 Å². The van der Waals surface area contributed by atoms with Crippen molar-refractivity contribution in [2.24, 2.45) is 5.92 Å². The predicted octanol–water partition coefficient (Wildman–Crippen LogP) is 2.36. The van der Waals surface area contributed by atoms with E-state index in [1.807, 2.05) is 24.3 Å². The Balaban J connectivity index is 2.03. The van der Waals surface area contributed by atoms with Crippen molar-refractivity contribution in [3.05, 3.63) is 48.0 Å². The van der Waals surface area contributed by atoms with E-state index in [1.165, 1.54) is 16.6 Å². The van der Waals surface area contributed by atoms with E-state index < -0.39 is 0 Å². The number of aromatic nitrogens is 3. The Hall–Kier alpha value is -1.97. The van der Waals surface area contributed by atoms with Gasteiger partial charge in [0.1, 0.15) is 19.2 Å². The smallest absolute Gasteiger partial charge is 0.184 e. The minimum Gasteiger partial charge on any atom is -0.292 e. The molecule has 0 atom stereocenters. The molecule has 0 aliphatic carbocycles. The first-order valence-corrected chi connectivity index (χ1v) is 6.09. The van der Waals surface area contributed by atoms with Gasteiger partial charge in [-0.15, -0.1) is 0 Å². The van der Waals surface area contributed by atoms with E-state index in [1.54, 1.807) is 6.33 Å². The van der Waals surface area contributed by atoms with E-state index in [0.717, 1.165) is 12.0 Å². The molecule has 4 heteroatoms. The summed E-state index contributed by atoms with van der Waals surface area (Å²) in [5, 5.41) is 3.92. The van der Waals surface area contributed by atoms with Gasteiger partial charge in [0.05, 0.1) is 0 Å². The lowest BCUT2D eigenvalue weighted by Gasteiger charge is -2.06. The lowest BCUT2D eigenvalue weighted by Crippen LogP contribution is -2.10. The zero-order chi connectivity index (χ0) is 13.0. The third kappa shape index (κ3) is 3.26. The van der Waals surface area contributed by atoms with Gasteiger partial charge in [-0.3, -0.25) is 4.79 Å². The molecule has 2 aromatic rings. The Bertz CT molecular complexity index is 500. The molecular weight excluding hydrogens is 226 g/mol. The summed E-state index contributed by atoms with van der Waals surface area (Å²) in [6.07, 6.45) is 4.02. The molecule has 18 heavy (non-hydrogen) atoms. The summed E-state index contributed by atoms with van der Waals surface area (Å²) in [6, 6.07) is 7.82. The molecule has 0 unspecified atom stereocenters. The molecule has 0 fully saturated rings. The quantitative estimate of drug-likeness (QED) is 0.757. The summed E-state index contributed by atoms with van der Waals surface area (Å²) in [6.45, 7) is 4.61. The molecule has 0 aliphatic rings. The van der Waals surface area contributed by atoms with Gasteiger partial charge < -0.3 is 0 Å². The van der Waals surface area contributed by atoms with Gasteiger partial charge in [0.2, 0.25) is 0 Å². The second kappa shape index (κ2) is 5.58. The third-order valence-electron chi connectivity index (χ3n) is 2.69. The number of hydrogen-bond donors (Lipinski definition) is 0. The highest BCUT2D eigenvalue weighted by Crippen LogP contribution is 2.10. The SMILES string of the molecule is CC(C)Cc1ccc(C(=O)Cn2cncn2)cc1. The lowest BCUT2D eigenvalue weighted by atomic mass is 10.0. The first-order valence-electron chi connectivity index (χ1n) is 6.09. The topological polar surface area (TPSA) is 47.8 Å². The molecule has 0 saturated carbocycles. The van der Waals surface area contributed by atoms with Gasteiger partial charge in [0.25, 0.3) is 0 Å². The largest absolute Gasteiger partial charge is 0.292 e. The van der Waals surface area contributed by atoms with Crippen molar-refractivity contribution in [2.45, 2.75) is 26.8 Å². The fourth-order valence-corrected chi connectivity index (χ4v) is 1.85. The molecule has 0 N–H and O–H groups in total. The normalized spacial score (nSPS) is 10.8. The highest BCUT2D eigenvalue weighted by atomic mass is 16.1. The number of rotatable bonds is 5. The Morgan fingerprint density at radius 2 is 2.00 bits per heavy atom. The maximum atomic E-state index is 12.0. The maximum absolute atomic E-state index is 12.0. The van der Waals surface area contributed by atoms with E-state index in [2.05, 4.69) is 23.9 Å². The van der Waals surface area contributed by atoms with Crippen LogP contribution in [-0.4, -0.2) is 20.5 Å². The van der Waals surface area contributed by atoms with Crippen LogP contribution >= 0.6 is 0 Å². The lowest BCUT2D eigenvalue weighted by molar-refractivity contribution is 0.0967. The highest BCUT2D eigenvalue weighted by molar-refractivity contribution is 5.95. The van der Waals surface area contributed by atoms with E-state index in [-0.39, 0.29) is 12.3 Å². The number of benzene rings is 1. The van der Waals surface area contributed by atoms with Crippen LogP contribution in [0, 0.1) is 5.92 Å². The molecule has 1 aromatic heterocycles. The van der Waals surface area contributed by atoms with E-state index in [4.69, 9.17) is 0 Å². The summed E-state index contributed by atoms with van der Waals surface area (Å²) in [5.74, 6) is 0.679. The van der Waals surface area contributed by atoms with Crippen LogP contribution in [0.4, 0.5) is 0 Å². The number of Topliss-reactive ketones (excluding diaryl/α,β-unsaturated/α-hetero) is 1. The van der Waals surface area contributed by atoms with Crippen molar-refractivity contribution in [1.29, 1.82) is 0 Å². The van der Waals surface area contributed by atoms with Crippen LogP contribution < -0.4 is 0 Å². The molecule has 2 rings (SSSR count). The molecule has 0 spiro atoms. The minimum absolute atomic E-state index is 0.0524. The van der Waals surface area contributed by atoms with Gasteiger partial charge in [-0.05, 0) is 17.9 Å². The minimum atomic E-state index is 0.0524. The Labute approximate surface area is 107 Å². The van der Waals surface area contributed by atoms with Crippen molar-refractivity contribution in [1.82, 2.24) is 14.8 Å². The molecule has 0 aliphatic heterocycles. The van der Waals surface area contributed by atoms with Gasteiger partial charge in [-0.25, -0.2) is 9.67 Å². The molecule has 1 aromatic carbocycles. The molecule has 0 radical (unpaired) electrons. The monoisotopic (exact) mass is 243 g/mol. The average Bonchev–Trinajstić information content (AvgIpc) is 2.82. The molecule has 94 valence electrons. The summed E-state index contributed by atoms with van der Waals surface area (Å²) < 4.78 is 1.53. The zero-order valence-electron chi connectivity index (χ0n) is 10.7. The second-order valence-electron chi connectivity index (χ2n) is 4.81. The van der Waals surface area contributed by atoms with Crippen LogP contribution in [0.3, 0.4) is 0 Å². The van der Waals surface area contributed by atoms with Gasteiger partial charge in [-0.2, -0.15) is 5.10 Å². The van der Waals surface area contributed by atoms with Crippen molar-refractivity contribution in [3.63, 3.8) is 0 Å². The summed E-state index contributed by atoms with van der Waals surface area (Å²) in [7, 11) is 0. The fraction of sp³-hybridized carbons (Fsp3) is 0.357. The number of ketones is 1. The summed E-state index contributed by atoms with van der Waals surface area (Å²) in [5.41, 5.74) is 1.99. The van der Waals surface area contributed by atoms with Gasteiger partial charge >= 0.3 is 0 Å². The first-order chi connectivity index (χ1) is 8.65. The van der Waals surface area contributed by atoms with Crippen molar-refractivity contribution in [3.8, 4) is 0 Å². The highest BCUT2D eigenvalue weighted by Gasteiger charge is 2.07. The van der Waals surface area contributed by atoms with Crippen LogP contribution in [0.15, 0.2) is 36.9 Å². The summed E-state index contributed by atoms with van der Waals surface area (Å²) in [4.78, 5) is 15.8. The zero-order valence-corrected chi connectivity index (χ0v) is 10.7. The third-order valence-corrected chi connectivity index (χ3v) is 2.69. The maximum Gasteiger partial charge on any atom is 0.184 e. The van der Waals surface area contributed by atoms with Crippen molar-refractivity contribution in [2.75, 3.05) is 0 Å². The first kappa shape index (κ1) is 12.5. The Morgan fingerprint density at radius 1 is 1.28 bits per heavy atom. The molecule has 0 saturated heterocycles. The number of hydrogen-bond acceptors (Lipinski definition) is 3. The van der Waals surface area contributed by atoms with Crippen LogP contribution in [0.5, 0.6) is 0 Å². The molecule has 0 bridgehead atoms. The molecule has 4 nitrogen and oxygen atoms in total. The van der Waals surface area contributed by atoms with Gasteiger partial charge in [0, 0.05) is 5.56 Å². The van der Waals surface area contributed by atoms with Gasteiger partial charge in [-0.1, -0.05) is 38.1 Å². The molecular formula is C14H17N3O. The van der Waals surface area contributed by atoms with E-state index >= 15 is 0 Å². The molecule has 0 amide bonds. The second-order valence-corrected chi connectivity index (χ2v) is 4.81. The van der Waals surface area contributed by atoms with Crippen LogP contribution in [-0.2, 0) is 13.0 Å². The molecule has 1 heterocycles. The van der Waals surface area contributed by atoms with Crippen molar-refractivity contribution < 1.29 is 4.79 Å². The van der Waals surface area contributed by atoms with Crippen LogP contribution in [0.25, 0.3) is 0 Å². The van der Waals surface area contributed by atoms with Crippen LogP contribution in [0.2, 0.25) is 0 Å². The Kier molecular flexibility index (Phi) is 3.87. The number of carbonyl (C=O) groups is 1. The number of nitrogens with zero attached hydrogens (tertiary/aromatic N) is 3. The number of carbonyl (C=O) groups excluding carboxylic acids is 1. The fourth-order valence-electron chi connectivity index (χ4n) is 1.85. The standard InChI is InChI=1S/C14H17N3O/c1-11(2)7-12-3-5-13(6-4-12)14(18)8-17-10-15-9-16-17/h3-6,9-11H,7-8H2,1-2H3. The average molecular weight is 243 g/mol.